The van der Waals surface area contributed by atoms with Crippen molar-refractivity contribution in [2.75, 3.05) is 0 Å². The second kappa shape index (κ2) is 10.2. The lowest BCUT2D eigenvalue weighted by Gasteiger charge is -2.30. The Morgan fingerprint density at radius 1 is 0.870 bits per heavy atom. The molecule has 0 saturated carbocycles. The van der Waals surface area contributed by atoms with Gasteiger partial charge in [-0.3, -0.25) is 0 Å². The number of hydrogen-bond donors (Lipinski definition) is 0. The van der Waals surface area contributed by atoms with Crippen LogP contribution >= 0.6 is 0 Å². The molecule has 0 aliphatic carbocycles. The van der Waals surface area contributed by atoms with E-state index in [9.17, 15) is 0 Å². The van der Waals surface area contributed by atoms with Gasteiger partial charge in [-0.25, -0.2) is 0 Å². The molecule has 0 N–H and O–H groups in total. The summed E-state index contributed by atoms with van der Waals surface area (Å²) in [4.78, 5) is 0. The van der Waals surface area contributed by atoms with E-state index in [4.69, 9.17) is 8.85 Å². The highest BCUT2D eigenvalue weighted by atomic mass is 28.4. The van der Waals surface area contributed by atoms with E-state index in [1.54, 1.807) is 0 Å². The quantitative estimate of drug-likeness (QED) is 0.427. The van der Waals surface area contributed by atoms with E-state index in [1.165, 1.54) is 5.56 Å². The largest absolute Gasteiger partial charge is 0.541 e. The first-order chi connectivity index (χ1) is 11.1. The van der Waals surface area contributed by atoms with Gasteiger partial charge < -0.3 is 8.85 Å². The fourth-order valence-electron chi connectivity index (χ4n) is 2.91. The van der Waals surface area contributed by atoms with Gasteiger partial charge >= 0.3 is 0 Å². The molecule has 0 amide bonds. The first-order valence-corrected chi connectivity index (χ1v) is 13.8. The fraction of sp³-hybridized carbons (Fsp3) is 0.684. The lowest BCUT2D eigenvalue weighted by Crippen LogP contribution is -2.39. The molecule has 0 aromatic heterocycles. The normalized spacial score (nSPS) is 11.8. The third-order valence-electron chi connectivity index (χ3n) is 4.85. The molecule has 2 nitrogen and oxygen atoms in total. The topological polar surface area (TPSA) is 18.5 Å². The van der Waals surface area contributed by atoms with Gasteiger partial charge in [-0.1, -0.05) is 54.0 Å². The average molecular weight is 352 g/mol. The van der Waals surface area contributed by atoms with Gasteiger partial charge in [-0.2, -0.15) is 0 Å². The first-order valence-electron chi connectivity index (χ1n) is 9.42. The van der Waals surface area contributed by atoms with E-state index in [1.807, 2.05) is 0 Å². The van der Waals surface area contributed by atoms with Crippen LogP contribution in [-0.4, -0.2) is 17.4 Å². The molecular formula is C19H35O2Si2. The molecule has 0 heterocycles. The van der Waals surface area contributed by atoms with Crippen molar-refractivity contribution in [3.8, 4) is 11.5 Å². The summed E-state index contributed by atoms with van der Waals surface area (Å²) in [6.07, 6.45) is 2.27. The second-order valence-electron chi connectivity index (χ2n) is 6.22. The van der Waals surface area contributed by atoms with Crippen molar-refractivity contribution in [1.29, 1.82) is 0 Å². The van der Waals surface area contributed by atoms with Crippen LogP contribution in [0, 0.1) is 0 Å². The summed E-state index contributed by atoms with van der Waals surface area (Å²) >= 11 is 0. The van der Waals surface area contributed by atoms with Crippen LogP contribution in [0.25, 0.3) is 0 Å². The van der Waals surface area contributed by atoms with Gasteiger partial charge in [-0.15, -0.1) is 0 Å². The van der Waals surface area contributed by atoms with Gasteiger partial charge in [0.05, 0.1) is 0 Å². The zero-order valence-electron chi connectivity index (χ0n) is 16.0. The SMILES string of the molecule is CCCc1ccc(O[Si](CC)(CC)CC)c(O[Si](CC)CC)c1. The van der Waals surface area contributed by atoms with Gasteiger partial charge in [0.15, 0.2) is 0 Å². The molecule has 0 saturated heterocycles. The summed E-state index contributed by atoms with van der Waals surface area (Å²) in [6.45, 7) is 13.5. The van der Waals surface area contributed by atoms with E-state index < -0.39 is 17.4 Å². The van der Waals surface area contributed by atoms with E-state index in [-0.39, 0.29) is 0 Å². The maximum atomic E-state index is 6.63. The highest BCUT2D eigenvalue weighted by molar-refractivity contribution is 6.74. The van der Waals surface area contributed by atoms with Gasteiger partial charge in [0.1, 0.15) is 11.5 Å². The third kappa shape index (κ3) is 5.68. The Labute approximate surface area is 146 Å². The number of rotatable bonds is 11. The van der Waals surface area contributed by atoms with E-state index >= 15 is 0 Å². The molecule has 0 bridgehead atoms. The van der Waals surface area contributed by atoms with Gasteiger partial charge in [0.2, 0.25) is 0 Å². The van der Waals surface area contributed by atoms with Gasteiger partial charge in [-0.05, 0) is 54.3 Å². The van der Waals surface area contributed by atoms with E-state index in [0.29, 0.717) is 0 Å². The first kappa shape index (κ1) is 20.3. The Balaban J connectivity index is 3.13. The molecule has 0 unspecified atom stereocenters. The van der Waals surface area contributed by atoms with Crippen molar-refractivity contribution in [3.63, 3.8) is 0 Å². The minimum atomic E-state index is -1.67. The average Bonchev–Trinajstić information content (AvgIpc) is 2.59. The van der Waals surface area contributed by atoms with Crippen LogP contribution in [0.2, 0.25) is 30.2 Å². The predicted octanol–water partition coefficient (Wildman–Crippen LogP) is 6.43. The molecule has 1 radical (unpaired) electrons. The number of hydrogen-bond acceptors (Lipinski definition) is 2. The van der Waals surface area contributed by atoms with Crippen LogP contribution in [0.1, 0.15) is 53.5 Å². The Hall–Kier alpha value is -0.746. The van der Waals surface area contributed by atoms with Crippen LogP contribution in [0.15, 0.2) is 18.2 Å². The van der Waals surface area contributed by atoms with Crippen molar-refractivity contribution in [2.45, 2.75) is 84.6 Å². The predicted molar refractivity (Wildman–Crippen MR) is 106 cm³/mol. The molecule has 1 rings (SSSR count). The molecule has 23 heavy (non-hydrogen) atoms. The lowest BCUT2D eigenvalue weighted by atomic mass is 10.1. The zero-order valence-corrected chi connectivity index (χ0v) is 18.0. The van der Waals surface area contributed by atoms with Gasteiger partial charge in [0.25, 0.3) is 17.4 Å². The zero-order chi connectivity index (χ0) is 17.3. The Kier molecular flexibility index (Phi) is 8.99. The monoisotopic (exact) mass is 351 g/mol. The smallest absolute Gasteiger partial charge is 0.280 e. The Morgan fingerprint density at radius 2 is 1.48 bits per heavy atom. The van der Waals surface area contributed by atoms with Crippen molar-refractivity contribution in [3.05, 3.63) is 23.8 Å². The van der Waals surface area contributed by atoms with Crippen LogP contribution < -0.4 is 8.85 Å². The second-order valence-corrected chi connectivity index (χ2v) is 13.6. The summed E-state index contributed by atoms with van der Waals surface area (Å²) in [6, 6.07) is 12.4. The molecule has 1 aromatic rings. The molecule has 0 fully saturated rings. The minimum Gasteiger partial charge on any atom is -0.541 e. The molecule has 0 atom stereocenters. The van der Waals surface area contributed by atoms with E-state index in [2.05, 4.69) is 59.7 Å². The van der Waals surface area contributed by atoms with Crippen molar-refractivity contribution < 1.29 is 8.85 Å². The molecule has 0 aliphatic rings. The Morgan fingerprint density at radius 3 is 1.96 bits per heavy atom. The molecule has 131 valence electrons. The highest BCUT2D eigenvalue weighted by Crippen LogP contribution is 2.35. The highest BCUT2D eigenvalue weighted by Gasteiger charge is 2.32. The molecule has 0 aliphatic heterocycles. The van der Waals surface area contributed by atoms with Crippen molar-refractivity contribution in [2.24, 2.45) is 0 Å². The fourth-order valence-corrected chi connectivity index (χ4v) is 6.74. The molecule has 1 aromatic carbocycles. The van der Waals surface area contributed by atoms with Crippen LogP contribution in [0.3, 0.4) is 0 Å². The summed E-state index contributed by atoms with van der Waals surface area (Å²) in [5.41, 5.74) is 1.36. The van der Waals surface area contributed by atoms with Crippen LogP contribution in [-0.2, 0) is 6.42 Å². The molecule has 0 spiro atoms. The molecule has 4 heteroatoms. The summed E-state index contributed by atoms with van der Waals surface area (Å²) in [7, 11) is -2.43. The maximum Gasteiger partial charge on any atom is 0.280 e. The summed E-state index contributed by atoms with van der Waals surface area (Å²) in [5, 5.41) is 0. The van der Waals surface area contributed by atoms with E-state index in [0.717, 1.165) is 54.6 Å². The van der Waals surface area contributed by atoms with Crippen molar-refractivity contribution >= 4 is 17.4 Å². The maximum absolute atomic E-state index is 6.63. The number of aryl methyl sites for hydroxylation is 1. The standard InChI is InChI=1S/C19H35O2Si2/c1-7-13-17-14-15-18(21-23(10-4,11-5)12-6)19(16-17)20-22(8-2)9-3/h14-16H,7-13H2,1-6H3. The minimum absolute atomic E-state index is 0.768. The van der Waals surface area contributed by atoms with Gasteiger partial charge in [0, 0.05) is 0 Å². The summed E-state index contributed by atoms with van der Waals surface area (Å²) in [5.74, 6) is 1.99. The molecular weight excluding hydrogens is 316 g/mol. The lowest BCUT2D eigenvalue weighted by molar-refractivity contribution is 0.480. The van der Waals surface area contributed by atoms with Crippen LogP contribution in [0.4, 0.5) is 0 Å². The third-order valence-corrected chi connectivity index (χ3v) is 11.5. The number of benzene rings is 1. The Bertz CT molecular complexity index is 446. The van der Waals surface area contributed by atoms with Crippen molar-refractivity contribution in [1.82, 2.24) is 0 Å². The van der Waals surface area contributed by atoms with Crippen LogP contribution in [0.5, 0.6) is 11.5 Å². The summed E-state index contributed by atoms with van der Waals surface area (Å²) < 4.78 is 13.0.